The minimum absolute atomic E-state index is 0.142. The molecule has 4 heteroatoms. The number of rotatable bonds is 7. The van der Waals surface area contributed by atoms with Crippen molar-refractivity contribution >= 4 is 23.6 Å². The van der Waals surface area contributed by atoms with Gasteiger partial charge < -0.3 is 10.4 Å². The fourth-order valence-corrected chi connectivity index (χ4v) is 1.91. The van der Waals surface area contributed by atoms with Crippen LogP contribution in [-0.4, -0.2) is 24.2 Å². The Labute approximate surface area is 119 Å². The minimum atomic E-state index is -0.142. The SMILES string of the molecule is CCC(CCO)CNC(=O)C=Cc1ccccc1Cl. The van der Waals surface area contributed by atoms with E-state index in [4.69, 9.17) is 16.7 Å². The van der Waals surface area contributed by atoms with Gasteiger partial charge in [0.25, 0.3) is 0 Å². The van der Waals surface area contributed by atoms with Gasteiger partial charge in [-0.05, 0) is 30.0 Å². The highest BCUT2D eigenvalue weighted by atomic mass is 35.5. The summed E-state index contributed by atoms with van der Waals surface area (Å²) in [6.07, 6.45) is 4.83. The zero-order chi connectivity index (χ0) is 14.1. The number of carbonyl (C=O) groups is 1. The number of nitrogens with one attached hydrogen (secondary N) is 1. The molecule has 0 spiro atoms. The van der Waals surface area contributed by atoms with Crippen molar-refractivity contribution in [3.8, 4) is 0 Å². The lowest BCUT2D eigenvalue weighted by Crippen LogP contribution is -2.28. The van der Waals surface area contributed by atoms with Crippen LogP contribution < -0.4 is 5.32 Å². The van der Waals surface area contributed by atoms with E-state index in [1.807, 2.05) is 25.1 Å². The quantitative estimate of drug-likeness (QED) is 0.755. The Balaban J connectivity index is 2.45. The number of aliphatic hydroxyl groups is 1. The second-order valence-corrected chi connectivity index (χ2v) is 4.79. The number of aliphatic hydroxyl groups excluding tert-OH is 1. The largest absolute Gasteiger partial charge is 0.396 e. The second kappa shape index (κ2) is 8.73. The van der Waals surface area contributed by atoms with Crippen molar-refractivity contribution in [2.45, 2.75) is 19.8 Å². The first kappa shape index (κ1) is 15.7. The molecule has 0 saturated carbocycles. The fourth-order valence-electron chi connectivity index (χ4n) is 1.71. The van der Waals surface area contributed by atoms with Crippen LogP contribution in [-0.2, 0) is 4.79 Å². The molecule has 0 aliphatic rings. The van der Waals surface area contributed by atoms with E-state index >= 15 is 0 Å². The van der Waals surface area contributed by atoms with E-state index < -0.39 is 0 Å². The molecule has 104 valence electrons. The summed E-state index contributed by atoms with van der Waals surface area (Å²) in [6.45, 7) is 2.79. The third kappa shape index (κ3) is 5.90. The highest BCUT2D eigenvalue weighted by molar-refractivity contribution is 6.32. The molecule has 0 saturated heterocycles. The van der Waals surface area contributed by atoms with Crippen LogP contribution in [0.5, 0.6) is 0 Å². The van der Waals surface area contributed by atoms with Crippen molar-refractivity contribution in [3.05, 3.63) is 40.9 Å². The zero-order valence-electron chi connectivity index (χ0n) is 11.1. The van der Waals surface area contributed by atoms with Crippen molar-refractivity contribution in [2.75, 3.05) is 13.2 Å². The van der Waals surface area contributed by atoms with E-state index in [1.165, 1.54) is 6.08 Å². The lowest BCUT2D eigenvalue weighted by atomic mass is 10.0. The number of hydrogen-bond acceptors (Lipinski definition) is 2. The molecular weight excluding hydrogens is 262 g/mol. The van der Waals surface area contributed by atoms with E-state index in [1.54, 1.807) is 12.1 Å². The standard InChI is InChI=1S/C15H20ClNO2/c1-2-12(9-10-18)11-17-15(19)8-7-13-5-3-4-6-14(13)16/h3-8,12,18H,2,9-11H2,1H3,(H,17,19). The van der Waals surface area contributed by atoms with Crippen LogP contribution in [0.2, 0.25) is 5.02 Å². The molecule has 19 heavy (non-hydrogen) atoms. The van der Waals surface area contributed by atoms with Gasteiger partial charge >= 0.3 is 0 Å². The average molecular weight is 282 g/mol. The van der Waals surface area contributed by atoms with Crippen LogP contribution in [0.1, 0.15) is 25.3 Å². The Bertz CT molecular complexity index is 432. The van der Waals surface area contributed by atoms with Crippen molar-refractivity contribution in [1.82, 2.24) is 5.32 Å². The van der Waals surface area contributed by atoms with Crippen LogP contribution >= 0.6 is 11.6 Å². The molecule has 0 aromatic heterocycles. The van der Waals surface area contributed by atoms with Gasteiger partial charge in [-0.1, -0.05) is 43.1 Å². The van der Waals surface area contributed by atoms with E-state index in [-0.39, 0.29) is 12.5 Å². The van der Waals surface area contributed by atoms with Gasteiger partial charge in [-0.3, -0.25) is 4.79 Å². The molecule has 1 aromatic carbocycles. The topological polar surface area (TPSA) is 49.3 Å². The van der Waals surface area contributed by atoms with Crippen molar-refractivity contribution in [3.63, 3.8) is 0 Å². The summed E-state index contributed by atoms with van der Waals surface area (Å²) in [6, 6.07) is 7.36. The van der Waals surface area contributed by atoms with Crippen molar-refractivity contribution in [2.24, 2.45) is 5.92 Å². The number of carbonyl (C=O) groups excluding carboxylic acids is 1. The molecule has 3 nitrogen and oxygen atoms in total. The molecule has 1 aromatic rings. The number of halogens is 1. The van der Waals surface area contributed by atoms with Crippen LogP contribution in [0.4, 0.5) is 0 Å². The van der Waals surface area contributed by atoms with Crippen molar-refractivity contribution < 1.29 is 9.90 Å². The number of hydrogen-bond donors (Lipinski definition) is 2. The smallest absolute Gasteiger partial charge is 0.244 e. The predicted molar refractivity (Wildman–Crippen MR) is 79.0 cm³/mol. The third-order valence-corrected chi connectivity index (χ3v) is 3.34. The van der Waals surface area contributed by atoms with Gasteiger partial charge in [0, 0.05) is 24.3 Å². The summed E-state index contributed by atoms with van der Waals surface area (Å²) in [5.74, 6) is 0.180. The first-order valence-electron chi connectivity index (χ1n) is 6.48. The summed E-state index contributed by atoms with van der Waals surface area (Å²) in [4.78, 5) is 11.6. The Morgan fingerprint density at radius 2 is 2.21 bits per heavy atom. The summed E-state index contributed by atoms with van der Waals surface area (Å²) < 4.78 is 0. The molecule has 0 bridgehead atoms. The third-order valence-electron chi connectivity index (χ3n) is 3.00. The lowest BCUT2D eigenvalue weighted by molar-refractivity contribution is -0.116. The van der Waals surface area contributed by atoms with Gasteiger partial charge in [-0.25, -0.2) is 0 Å². The minimum Gasteiger partial charge on any atom is -0.396 e. The van der Waals surface area contributed by atoms with E-state index in [9.17, 15) is 4.79 Å². The molecule has 0 fully saturated rings. The second-order valence-electron chi connectivity index (χ2n) is 4.39. The summed E-state index contributed by atoms with van der Waals surface area (Å²) in [5.41, 5.74) is 0.821. The molecule has 1 unspecified atom stereocenters. The molecule has 0 aliphatic heterocycles. The lowest BCUT2D eigenvalue weighted by Gasteiger charge is -2.13. The van der Waals surface area contributed by atoms with Crippen LogP contribution in [0.15, 0.2) is 30.3 Å². The Kier molecular flexibility index (Phi) is 7.23. The predicted octanol–water partition coefficient (Wildman–Crippen LogP) is 2.88. The first-order chi connectivity index (χ1) is 9.17. The summed E-state index contributed by atoms with van der Waals surface area (Å²) >= 11 is 5.99. The van der Waals surface area contributed by atoms with Gasteiger partial charge in [-0.2, -0.15) is 0 Å². The molecule has 1 rings (SSSR count). The summed E-state index contributed by atoms with van der Waals surface area (Å²) in [5, 5.41) is 12.3. The monoisotopic (exact) mass is 281 g/mol. The molecule has 0 radical (unpaired) electrons. The molecule has 0 heterocycles. The number of benzene rings is 1. The molecule has 2 N–H and O–H groups in total. The van der Waals surface area contributed by atoms with Crippen LogP contribution in [0.3, 0.4) is 0 Å². The molecule has 0 aliphatic carbocycles. The highest BCUT2D eigenvalue weighted by Gasteiger charge is 2.06. The maximum absolute atomic E-state index is 11.6. The normalized spacial score (nSPS) is 12.6. The van der Waals surface area contributed by atoms with Crippen LogP contribution in [0, 0.1) is 5.92 Å². The average Bonchev–Trinajstić information content (AvgIpc) is 2.42. The van der Waals surface area contributed by atoms with Crippen LogP contribution in [0.25, 0.3) is 6.08 Å². The fraction of sp³-hybridized carbons (Fsp3) is 0.400. The number of amides is 1. The van der Waals surface area contributed by atoms with E-state index in [0.717, 1.165) is 12.0 Å². The zero-order valence-corrected chi connectivity index (χ0v) is 11.9. The summed E-state index contributed by atoms with van der Waals surface area (Å²) in [7, 11) is 0. The Morgan fingerprint density at radius 1 is 1.47 bits per heavy atom. The maximum atomic E-state index is 11.6. The molecule has 1 atom stereocenters. The Morgan fingerprint density at radius 3 is 2.84 bits per heavy atom. The Hall–Kier alpha value is -1.32. The first-order valence-corrected chi connectivity index (χ1v) is 6.86. The highest BCUT2D eigenvalue weighted by Crippen LogP contribution is 2.16. The van der Waals surface area contributed by atoms with Gasteiger partial charge in [-0.15, -0.1) is 0 Å². The maximum Gasteiger partial charge on any atom is 0.244 e. The molecule has 1 amide bonds. The van der Waals surface area contributed by atoms with Gasteiger partial charge in [0.15, 0.2) is 0 Å². The van der Waals surface area contributed by atoms with E-state index in [0.29, 0.717) is 23.9 Å². The van der Waals surface area contributed by atoms with Gasteiger partial charge in [0.05, 0.1) is 0 Å². The van der Waals surface area contributed by atoms with Gasteiger partial charge in [0.2, 0.25) is 5.91 Å². The molecular formula is C15H20ClNO2. The van der Waals surface area contributed by atoms with E-state index in [2.05, 4.69) is 5.32 Å². The van der Waals surface area contributed by atoms with Crippen molar-refractivity contribution in [1.29, 1.82) is 0 Å². The van der Waals surface area contributed by atoms with Gasteiger partial charge in [0.1, 0.15) is 0 Å².